The fourth-order valence-corrected chi connectivity index (χ4v) is 1.81. The van der Waals surface area contributed by atoms with Gasteiger partial charge in [0.05, 0.1) is 0 Å². The van der Waals surface area contributed by atoms with Crippen molar-refractivity contribution in [3.63, 3.8) is 0 Å². The van der Waals surface area contributed by atoms with Gasteiger partial charge in [-0.05, 0) is 36.8 Å². The molecule has 0 atom stereocenters. The number of hydrogen-bond donors (Lipinski definition) is 0. The standard InChI is InChI=1S/C14H12ClNO2/c15-13-6-4-12(5-7-13)14(17)8-3-11-2-1-9-16(18)10-11/h1-2,4-7,9-10H,3,8H2. The van der Waals surface area contributed by atoms with Crippen LogP contribution in [0.2, 0.25) is 5.02 Å². The molecule has 0 bridgehead atoms. The van der Waals surface area contributed by atoms with E-state index in [9.17, 15) is 10.0 Å². The van der Waals surface area contributed by atoms with Gasteiger partial charge in [-0.15, -0.1) is 0 Å². The lowest BCUT2D eigenvalue weighted by Gasteiger charge is -2.02. The van der Waals surface area contributed by atoms with Crippen LogP contribution in [-0.4, -0.2) is 5.78 Å². The molecule has 0 radical (unpaired) electrons. The predicted molar refractivity (Wildman–Crippen MR) is 69.5 cm³/mol. The van der Waals surface area contributed by atoms with Gasteiger partial charge in [0.15, 0.2) is 18.2 Å². The summed E-state index contributed by atoms with van der Waals surface area (Å²) in [6, 6.07) is 10.3. The molecule has 18 heavy (non-hydrogen) atoms. The number of aromatic nitrogens is 1. The first kappa shape index (κ1) is 12.6. The highest BCUT2D eigenvalue weighted by atomic mass is 35.5. The highest BCUT2D eigenvalue weighted by Crippen LogP contribution is 2.12. The topological polar surface area (TPSA) is 44.0 Å². The van der Waals surface area contributed by atoms with Gasteiger partial charge in [-0.25, -0.2) is 0 Å². The molecule has 3 nitrogen and oxygen atoms in total. The maximum absolute atomic E-state index is 11.9. The molecule has 0 unspecified atom stereocenters. The van der Waals surface area contributed by atoms with Crippen LogP contribution in [-0.2, 0) is 6.42 Å². The van der Waals surface area contributed by atoms with Gasteiger partial charge >= 0.3 is 0 Å². The molecule has 2 rings (SSSR count). The largest absolute Gasteiger partial charge is 0.619 e. The second kappa shape index (κ2) is 5.65. The van der Waals surface area contributed by atoms with Crippen LogP contribution in [0.3, 0.4) is 0 Å². The van der Waals surface area contributed by atoms with Gasteiger partial charge in [-0.1, -0.05) is 11.6 Å². The van der Waals surface area contributed by atoms with Crippen LogP contribution in [0, 0.1) is 5.21 Å². The lowest BCUT2D eigenvalue weighted by molar-refractivity contribution is -0.605. The average Bonchev–Trinajstić information content (AvgIpc) is 2.37. The van der Waals surface area contributed by atoms with Crippen LogP contribution in [0.1, 0.15) is 22.3 Å². The molecule has 2 aromatic rings. The number of ketones is 1. The molecule has 1 aromatic carbocycles. The normalized spacial score (nSPS) is 10.3. The summed E-state index contributed by atoms with van der Waals surface area (Å²) in [5.41, 5.74) is 1.50. The molecule has 0 spiro atoms. The Morgan fingerprint density at radius 3 is 2.61 bits per heavy atom. The van der Waals surface area contributed by atoms with Crippen LogP contribution >= 0.6 is 11.6 Å². The first-order valence-electron chi connectivity index (χ1n) is 5.61. The van der Waals surface area contributed by atoms with Gasteiger partial charge in [0.2, 0.25) is 0 Å². The minimum Gasteiger partial charge on any atom is -0.619 e. The molecule has 0 aliphatic rings. The van der Waals surface area contributed by atoms with E-state index in [0.29, 0.717) is 23.4 Å². The first-order chi connectivity index (χ1) is 8.65. The summed E-state index contributed by atoms with van der Waals surface area (Å²) >= 11 is 5.76. The molecule has 92 valence electrons. The van der Waals surface area contributed by atoms with Crippen LogP contribution in [0.5, 0.6) is 0 Å². The molecule has 1 heterocycles. The van der Waals surface area contributed by atoms with Crippen LogP contribution in [0.4, 0.5) is 0 Å². The third-order valence-corrected chi connectivity index (χ3v) is 2.90. The smallest absolute Gasteiger partial charge is 0.183 e. The quantitative estimate of drug-likeness (QED) is 0.483. The van der Waals surface area contributed by atoms with Gasteiger partial charge in [0.1, 0.15) is 0 Å². The van der Waals surface area contributed by atoms with E-state index in [4.69, 9.17) is 11.6 Å². The van der Waals surface area contributed by atoms with E-state index in [1.54, 1.807) is 30.3 Å². The Morgan fingerprint density at radius 2 is 1.94 bits per heavy atom. The number of halogens is 1. The van der Waals surface area contributed by atoms with E-state index in [1.165, 1.54) is 12.4 Å². The van der Waals surface area contributed by atoms with Gasteiger partial charge in [-0.3, -0.25) is 4.79 Å². The van der Waals surface area contributed by atoms with E-state index in [0.717, 1.165) is 10.3 Å². The molecule has 1 aromatic heterocycles. The predicted octanol–water partition coefficient (Wildman–Crippen LogP) is 2.79. The highest BCUT2D eigenvalue weighted by Gasteiger charge is 2.07. The van der Waals surface area contributed by atoms with Crippen molar-refractivity contribution in [1.29, 1.82) is 0 Å². The van der Waals surface area contributed by atoms with Crippen molar-refractivity contribution in [3.8, 4) is 0 Å². The number of carbonyl (C=O) groups is 1. The van der Waals surface area contributed by atoms with Gasteiger partial charge in [-0.2, -0.15) is 4.73 Å². The Kier molecular flexibility index (Phi) is 3.95. The zero-order valence-corrected chi connectivity index (χ0v) is 10.4. The molecule has 0 aliphatic carbocycles. The summed E-state index contributed by atoms with van der Waals surface area (Å²) in [6.07, 6.45) is 3.84. The third-order valence-electron chi connectivity index (χ3n) is 2.64. The van der Waals surface area contributed by atoms with E-state index >= 15 is 0 Å². The Bertz CT molecular complexity index is 552. The van der Waals surface area contributed by atoms with Crippen LogP contribution in [0.15, 0.2) is 48.8 Å². The SMILES string of the molecule is O=C(CCc1ccc[n+]([O-])c1)c1ccc(Cl)cc1. The van der Waals surface area contributed by atoms with Gasteiger partial charge < -0.3 is 5.21 Å². The van der Waals surface area contributed by atoms with E-state index in [-0.39, 0.29) is 5.78 Å². The van der Waals surface area contributed by atoms with Crippen molar-refractivity contribution >= 4 is 17.4 Å². The fourth-order valence-electron chi connectivity index (χ4n) is 1.69. The number of nitrogens with zero attached hydrogens (tertiary/aromatic N) is 1. The molecule has 0 amide bonds. The number of carbonyl (C=O) groups excluding carboxylic acids is 1. The summed E-state index contributed by atoms with van der Waals surface area (Å²) < 4.78 is 0.738. The first-order valence-corrected chi connectivity index (χ1v) is 5.99. The average molecular weight is 262 g/mol. The molecule has 0 N–H and O–H groups in total. The lowest BCUT2D eigenvalue weighted by atomic mass is 10.0. The zero-order valence-electron chi connectivity index (χ0n) is 9.67. The molecule has 0 saturated heterocycles. The summed E-state index contributed by atoms with van der Waals surface area (Å²) in [4.78, 5) is 11.9. The zero-order chi connectivity index (χ0) is 13.0. The van der Waals surface area contributed by atoms with E-state index in [2.05, 4.69) is 0 Å². The minimum absolute atomic E-state index is 0.0490. The second-order valence-corrected chi connectivity index (χ2v) is 4.44. The van der Waals surface area contributed by atoms with Crippen molar-refractivity contribution in [2.45, 2.75) is 12.8 Å². The van der Waals surface area contributed by atoms with Gasteiger partial charge in [0, 0.05) is 28.6 Å². The Balaban J connectivity index is 1.98. The van der Waals surface area contributed by atoms with E-state index < -0.39 is 0 Å². The molecular formula is C14H12ClNO2. The fraction of sp³-hybridized carbons (Fsp3) is 0.143. The number of rotatable bonds is 4. The van der Waals surface area contributed by atoms with Crippen molar-refractivity contribution in [2.75, 3.05) is 0 Å². The van der Waals surface area contributed by atoms with Crippen molar-refractivity contribution in [1.82, 2.24) is 0 Å². The van der Waals surface area contributed by atoms with Crippen molar-refractivity contribution in [2.24, 2.45) is 0 Å². The monoisotopic (exact) mass is 261 g/mol. The Hall–Kier alpha value is -1.87. The van der Waals surface area contributed by atoms with Crippen molar-refractivity contribution in [3.05, 3.63) is 70.1 Å². The van der Waals surface area contributed by atoms with Crippen LogP contribution in [0.25, 0.3) is 0 Å². The summed E-state index contributed by atoms with van der Waals surface area (Å²) in [5.74, 6) is 0.0490. The molecule has 0 fully saturated rings. The molecule has 0 aliphatic heterocycles. The number of pyridine rings is 1. The van der Waals surface area contributed by atoms with Crippen molar-refractivity contribution < 1.29 is 9.52 Å². The Labute approximate surface area is 110 Å². The summed E-state index contributed by atoms with van der Waals surface area (Å²) in [7, 11) is 0. The minimum atomic E-state index is 0.0490. The third kappa shape index (κ3) is 3.31. The summed E-state index contributed by atoms with van der Waals surface area (Å²) in [6.45, 7) is 0. The number of hydrogen-bond acceptors (Lipinski definition) is 2. The van der Waals surface area contributed by atoms with Gasteiger partial charge in [0.25, 0.3) is 0 Å². The summed E-state index contributed by atoms with van der Waals surface area (Å²) in [5, 5.41) is 11.7. The molecule has 4 heteroatoms. The number of aryl methyl sites for hydroxylation is 1. The lowest BCUT2D eigenvalue weighted by Crippen LogP contribution is -2.24. The highest BCUT2D eigenvalue weighted by molar-refractivity contribution is 6.30. The number of benzene rings is 1. The van der Waals surface area contributed by atoms with E-state index in [1.807, 2.05) is 6.07 Å². The van der Waals surface area contributed by atoms with Crippen LogP contribution < -0.4 is 4.73 Å². The molecule has 0 saturated carbocycles. The molecular weight excluding hydrogens is 250 g/mol. The second-order valence-electron chi connectivity index (χ2n) is 4.00. The maximum atomic E-state index is 11.9. The Morgan fingerprint density at radius 1 is 1.22 bits per heavy atom. The maximum Gasteiger partial charge on any atom is 0.183 e. The number of Topliss-reactive ketones (excluding diaryl/α,β-unsaturated/α-hetero) is 1.